The predicted molar refractivity (Wildman–Crippen MR) is 103 cm³/mol. The molecule has 0 aliphatic carbocycles. The van der Waals surface area contributed by atoms with E-state index in [1.54, 1.807) is 11.8 Å². The van der Waals surface area contributed by atoms with E-state index in [0.717, 1.165) is 22.7 Å². The normalized spacial score (nSPS) is 13.5. The zero-order valence-corrected chi connectivity index (χ0v) is 16.6. The summed E-state index contributed by atoms with van der Waals surface area (Å²) in [7, 11) is 2.03. The number of quaternary nitrogens is 1. The molecule has 0 saturated carbocycles. The van der Waals surface area contributed by atoms with Crippen LogP contribution in [0.25, 0.3) is 0 Å². The first-order valence-electron chi connectivity index (χ1n) is 8.45. The fraction of sp³-hybridized carbons (Fsp3) is 0.400. The van der Waals surface area contributed by atoms with E-state index in [1.165, 1.54) is 17.4 Å². The first-order chi connectivity index (χ1) is 11.8. The second-order valence-corrected chi connectivity index (χ2v) is 7.52. The van der Waals surface area contributed by atoms with Crippen molar-refractivity contribution in [2.75, 3.05) is 13.3 Å². The summed E-state index contributed by atoms with van der Waals surface area (Å²) in [5.74, 6) is 0.0406. The Morgan fingerprint density at radius 3 is 2.28 bits per heavy atom. The molecule has 4 nitrogen and oxygen atoms in total. The molecule has 2 N–H and O–H groups in total. The molecule has 2 atom stereocenters. The van der Waals surface area contributed by atoms with E-state index in [4.69, 9.17) is 0 Å². The molecule has 0 fully saturated rings. The monoisotopic (exact) mass is 359 g/mol. The second-order valence-electron chi connectivity index (χ2n) is 6.64. The van der Waals surface area contributed by atoms with E-state index < -0.39 is 0 Å². The van der Waals surface area contributed by atoms with Crippen molar-refractivity contribution in [1.82, 2.24) is 4.98 Å². The maximum Gasteiger partial charge on any atom is 0.235 e. The van der Waals surface area contributed by atoms with Crippen molar-refractivity contribution in [2.24, 2.45) is 0 Å². The van der Waals surface area contributed by atoms with Gasteiger partial charge in [0.15, 0.2) is 11.8 Å². The summed E-state index contributed by atoms with van der Waals surface area (Å²) in [5, 5.41) is 0. The van der Waals surface area contributed by atoms with Crippen molar-refractivity contribution in [1.29, 1.82) is 0 Å². The number of ketones is 2. The average Bonchev–Trinajstić information content (AvgIpc) is 2.88. The van der Waals surface area contributed by atoms with Gasteiger partial charge in [0.1, 0.15) is 6.54 Å². The van der Waals surface area contributed by atoms with Gasteiger partial charge in [-0.1, -0.05) is 12.1 Å². The van der Waals surface area contributed by atoms with Crippen molar-refractivity contribution in [3.8, 4) is 0 Å². The third-order valence-electron chi connectivity index (χ3n) is 4.81. The summed E-state index contributed by atoms with van der Waals surface area (Å²) in [5.41, 5.74) is 3.94. The highest BCUT2D eigenvalue weighted by Crippen LogP contribution is 2.19. The van der Waals surface area contributed by atoms with Gasteiger partial charge in [0.05, 0.1) is 12.7 Å². The Kier molecular flexibility index (Phi) is 6.25. The zero-order valence-electron chi connectivity index (χ0n) is 15.8. The fourth-order valence-corrected chi connectivity index (χ4v) is 3.59. The molecule has 0 bridgehead atoms. The van der Waals surface area contributed by atoms with Gasteiger partial charge in [-0.05, 0) is 51.6 Å². The number of thioether (sulfide) groups is 1. The van der Waals surface area contributed by atoms with Crippen LogP contribution in [0.4, 0.5) is 0 Å². The maximum atomic E-state index is 12.9. The number of hydrogen-bond acceptors (Lipinski definition) is 3. The minimum absolute atomic E-state index is 0.00691. The number of carbonyl (C=O) groups excluding carboxylic acids is 2. The van der Waals surface area contributed by atoms with Gasteiger partial charge in [-0.25, -0.2) is 0 Å². The molecule has 134 valence electrons. The predicted octanol–water partition coefficient (Wildman–Crippen LogP) is 2.84. The Hall–Kier alpha value is -1.85. The Balaban J connectivity index is 2.15. The molecule has 25 heavy (non-hydrogen) atoms. The lowest BCUT2D eigenvalue weighted by molar-refractivity contribution is -0.907. The van der Waals surface area contributed by atoms with Crippen molar-refractivity contribution >= 4 is 23.3 Å². The van der Waals surface area contributed by atoms with Crippen LogP contribution >= 0.6 is 11.8 Å². The van der Waals surface area contributed by atoms with Crippen molar-refractivity contribution in [2.45, 2.75) is 45.2 Å². The third kappa shape index (κ3) is 4.22. The quantitative estimate of drug-likeness (QED) is 0.590. The van der Waals surface area contributed by atoms with Gasteiger partial charge in [0.2, 0.25) is 5.78 Å². The van der Waals surface area contributed by atoms with Crippen molar-refractivity contribution < 1.29 is 14.5 Å². The van der Waals surface area contributed by atoms with Gasteiger partial charge in [0.25, 0.3) is 0 Å². The van der Waals surface area contributed by atoms with E-state index >= 15 is 0 Å². The van der Waals surface area contributed by atoms with E-state index in [9.17, 15) is 9.59 Å². The molecule has 0 spiro atoms. The lowest BCUT2D eigenvalue weighted by Crippen LogP contribution is -3.12. The van der Waals surface area contributed by atoms with Crippen LogP contribution in [0.15, 0.2) is 29.2 Å². The van der Waals surface area contributed by atoms with Crippen molar-refractivity contribution in [3.05, 3.63) is 52.3 Å². The summed E-state index contributed by atoms with van der Waals surface area (Å²) in [6.45, 7) is 7.94. The molecule has 2 rings (SSSR count). The number of aromatic nitrogens is 1. The van der Waals surface area contributed by atoms with Gasteiger partial charge < -0.3 is 9.88 Å². The summed E-state index contributed by atoms with van der Waals surface area (Å²) in [6, 6.07) is 8.25. The third-order valence-corrected chi connectivity index (χ3v) is 5.55. The van der Waals surface area contributed by atoms with Gasteiger partial charge in [-0.2, -0.15) is 0 Å². The van der Waals surface area contributed by atoms with Gasteiger partial charge >= 0.3 is 0 Å². The number of H-pyrrole nitrogens is 1. The largest absolute Gasteiger partial charge is 0.355 e. The summed E-state index contributed by atoms with van der Waals surface area (Å²) >= 11 is 1.72. The highest BCUT2D eigenvalue weighted by molar-refractivity contribution is 7.98. The molecule has 1 unspecified atom stereocenters. The van der Waals surface area contributed by atoms with Gasteiger partial charge in [0, 0.05) is 21.7 Å². The van der Waals surface area contributed by atoms with Gasteiger partial charge in [-0.15, -0.1) is 11.8 Å². The van der Waals surface area contributed by atoms with Crippen LogP contribution in [0, 0.1) is 13.8 Å². The number of aromatic amines is 1. The molecule has 0 amide bonds. The molecule has 0 radical (unpaired) electrons. The number of Topliss-reactive ketones (excluding diaryl/α,β-unsaturated/α-hetero) is 2. The average molecular weight is 360 g/mol. The lowest BCUT2D eigenvalue weighted by Gasteiger charge is -2.21. The molecule has 5 heteroatoms. The van der Waals surface area contributed by atoms with Crippen LogP contribution in [-0.4, -0.2) is 35.9 Å². The number of benzene rings is 1. The number of likely N-dealkylation sites (N-methyl/N-ethyl adjacent to an activating group) is 1. The Bertz CT molecular complexity index is 778. The van der Waals surface area contributed by atoms with E-state index in [2.05, 4.69) is 35.5 Å². The van der Waals surface area contributed by atoms with Crippen molar-refractivity contribution in [3.63, 3.8) is 0 Å². The maximum absolute atomic E-state index is 12.9. The summed E-state index contributed by atoms with van der Waals surface area (Å²) in [4.78, 5) is 30.2. The number of rotatable bonds is 7. The van der Waals surface area contributed by atoms with Crippen LogP contribution in [-0.2, 0) is 6.54 Å². The van der Waals surface area contributed by atoms with E-state index in [-0.39, 0.29) is 17.6 Å². The minimum Gasteiger partial charge on any atom is -0.355 e. The number of aryl methyl sites for hydroxylation is 1. The molecule has 0 aliphatic heterocycles. The van der Waals surface area contributed by atoms with Crippen LogP contribution in [0.3, 0.4) is 0 Å². The van der Waals surface area contributed by atoms with Crippen LogP contribution in [0.1, 0.15) is 51.5 Å². The first-order valence-corrected chi connectivity index (χ1v) is 9.68. The lowest BCUT2D eigenvalue weighted by atomic mass is 10.0. The first kappa shape index (κ1) is 19.5. The standard InChI is InChI=1S/C20H26N2O2S/c1-12-18(15(4)23)13(2)21-19(12)20(24)14(3)22(5)11-16-7-9-17(25-6)10-8-16/h7-10,14,21H,11H2,1-6H3/p+1/t14-/m0/s1. The molecular weight excluding hydrogens is 332 g/mol. The SMILES string of the molecule is CSc1ccc(C[NH+](C)[C@@H](C)C(=O)c2[nH]c(C)c(C(C)=O)c2C)cc1. The zero-order chi connectivity index (χ0) is 18.7. The fourth-order valence-electron chi connectivity index (χ4n) is 3.18. The Morgan fingerprint density at radius 1 is 1.20 bits per heavy atom. The molecule has 1 heterocycles. The molecule has 0 saturated heterocycles. The molecule has 1 aromatic carbocycles. The minimum atomic E-state index is -0.197. The highest BCUT2D eigenvalue weighted by atomic mass is 32.2. The number of carbonyl (C=O) groups is 2. The summed E-state index contributed by atoms with van der Waals surface area (Å²) in [6.07, 6.45) is 2.06. The van der Waals surface area contributed by atoms with Crippen LogP contribution < -0.4 is 4.90 Å². The highest BCUT2D eigenvalue weighted by Gasteiger charge is 2.28. The molecule has 2 aromatic rings. The van der Waals surface area contributed by atoms with Gasteiger partial charge in [-0.3, -0.25) is 9.59 Å². The topological polar surface area (TPSA) is 54.4 Å². The second kappa shape index (κ2) is 8.02. The Labute approximate surface area is 154 Å². The van der Waals surface area contributed by atoms with E-state index in [1.807, 2.05) is 27.8 Å². The van der Waals surface area contributed by atoms with Crippen LogP contribution in [0.5, 0.6) is 0 Å². The van der Waals surface area contributed by atoms with E-state index in [0.29, 0.717) is 11.3 Å². The molecule has 1 aromatic heterocycles. The Morgan fingerprint density at radius 2 is 1.80 bits per heavy atom. The molecular formula is C20H27N2O2S+. The molecule has 0 aliphatic rings. The number of hydrogen-bond donors (Lipinski definition) is 2. The smallest absolute Gasteiger partial charge is 0.235 e. The summed E-state index contributed by atoms with van der Waals surface area (Å²) < 4.78 is 0. The van der Waals surface area contributed by atoms with Crippen LogP contribution in [0.2, 0.25) is 0 Å². The number of nitrogens with one attached hydrogen (secondary N) is 2.